The average Bonchev–Trinajstić information content (AvgIpc) is 2.91. The smallest absolute Gasteiger partial charge is 0.410 e. The SMILES string of the molecule is CC1Cc2cc(C(=O)O)sc2C2(CCN(C(=O)OC(C)(C)C)CC2)O1. The number of likely N-dealkylation sites (tertiary alicyclic amines) is 1. The van der Waals surface area contributed by atoms with Crippen LogP contribution in [0.5, 0.6) is 0 Å². The van der Waals surface area contributed by atoms with E-state index in [1.165, 1.54) is 11.3 Å². The summed E-state index contributed by atoms with van der Waals surface area (Å²) in [5.41, 5.74) is 0.0790. The zero-order valence-corrected chi connectivity index (χ0v) is 15.9. The Labute approximate surface area is 151 Å². The molecular weight excluding hydrogens is 342 g/mol. The number of hydrogen-bond donors (Lipinski definition) is 1. The molecule has 1 amide bonds. The van der Waals surface area contributed by atoms with Crippen molar-refractivity contribution in [2.75, 3.05) is 13.1 Å². The Morgan fingerprint density at radius 3 is 2.56 bits per heavy atom. The number of piperidine rings is 1. The zero-order chi connectivity index (χ0) is 18.4. The van der Waals surface area contributed by atoms with Gasteiger partial charge in [-0.3, -0.25) is 0 Å². The monoisotopic (exact) mass is 367 g/mol. The number of carboxylic acid groups (broad SMARTS) is 1. The number of thiophene rings is 1. The molecule has 1 fully saturated rings. The van der Waals surface area contributed by atoms with Gasteiger partial charge in [0, 0.05) is 18.0 Å². The number of amides is 1. The van der Waals surface area contributed by atoms with Crippen LogP contribution in [0.25, 0.3) is 0 Å². The molecule has 138 valence electrons. The molecule has 0 radical (unpaired) electrons. The third kappa shape index (κ3) is 3.67. The summed E-state index contributed by atoms with van der Waals surface area (Å²) in [4.78, 5) is 26.7. The Morgan fingerprint density at radius 1 is 1.36 bits per heavy atom. The first-order valence-corrected chi connectivity index (χ1v) is 9.43. The first-order chi connectivity index (χ1) is 11.6. The van der Waals surface area contributed by atoms with Crippen LogP contribution in [0.4, 0.5) is 4.79 Å². The van der Waals surface area contributed by atoms with Crippen molar-refractivity contribution in [1.29, 1.82) is 0 Å². The van der Waals surface area contributed by atoms with E-state index in [4.69, 9.17) is 9.47 Å². The third-order valence-corrected chi connectivity index (χ3v) is 5.94. The van der Waals surface area contributed by atoms with Gasteiger partial charge < -0.3 is 19.5 Å². The van der Waals surface area contributed by atoms with E-state index in [9.17, 15) is 14.7 Å². The lowest BCUT2D eigenvalue weighted by Gasteiger charge is -2.45. The van der Waals surface area contributed by atoms with Crippen LogP contribution in [0.15, 0.2) is 6.07 Å². The summed E-state index contributed by atoms with van der Waals surface area (Å²) < 4.78 is 11.8. The molecule has 2 aliphatic heterocycles. The fraction of sp³-hybridized carbons (Fsp3) is 0.667. The maximum Gasteiger partial charge on any atom is 0.410 e. The van der Waals surface area contributed by atoms with E-state index in [1.807, 2.05) is 27.7 Å². The maximum absolute atomic E-state index is 12.3. The van der Waals surface area contributed by atoms with Crippen molar-refractivity contribution in [2.24, 2.45) is 0 Å². The van der Waals surface area contributed by atoms with Gasteiger partial charge in [-0.1, -0.05) is 0 Å². The molecule has 0 aliphatic carbocycles. The van der Waals surface area contributed by atoms with Crippen LogP contribution in [0.3, 0.4) is 0 Å². The highest BCUT2D eigenvalue weighted by Gasteiger charge is 2.45. The normalized spacial score (nSPS) is 22.6. The minimum atomic E-state index is -0.895. The summed E-state index contributed by atoms with van der Waals surface area (Å²) >= 11 is 1.31. The quantitative estimate of drug-likeness (QED) is 0.820. The molecule has 3 rings (SSSR count). The first-order valence-electron chi connectivity index (χ1n) is 8.62. The van der Waals surface area contributed by atoms with Crippen molar-refractivity contribution in [3.8, 4) is 0 Å². The second-order valence-electron chi connectivity index (χ2n) is 7.86. The van der Waals surface area contributed by atoms with Crippen LogP contribution in [0.1, 0.15) is 60.6 Å². The Hall–Kier alpha value is -1.60. The Balaban J connectivity index is 1.79. The molecule has 2 aliphatic rings. The predicted molar refractivity (Wildman–Crippen MR) is 94.2 cm³/mol. The lowest BCUT2D eigenvalue weighted by molar-refractivity contribution is -0.129. The standard InChI is InChI=1S/C18H25NO5S/c1-11-9-12-10-13(15(20)21)25-14(12)18(23-11)5-7-19(8-6-18)16(22)24-17(2,3)4/h10-11H,5-9H2,1-4H3,(H,20,21). The molecule has 3 heterocycles. The van der Waals surface area contributed by atoms with Gasteiger partial charge >= 0.3 is 12.1 Å². The molecule has 1 unspecified atom stereocenters. The molecule has 1 spiro atoms. The fourth-order valence-corrected chi connectivity index (χ4v) is 4.80. The summed E-state index contributed by atoms with van der Waals surface area (Å²) in [6.45, 7) is 8.67. The van der Waals surface area contributed by atoms with E-state index in [2.05, 4.69) is 0 Å². The van der Waals surface area contributed by atoms with Crippen LogP contribution < -0.4 is 0 Å². The minimum absolute atomic E-state index is 0.0387. The second-order valence-corrected chi connectivity index (χ2v) is 8.92. The van der Waals surface area contributed by atoms with Gasteiger partial charge in [-0.15, -0.1) is 11.3 Å². The number of rotatable bonds is 1. The maximum atomic E-state index is 12.3. The van der Waals surface area contributed by atoms with Crippen LogP contribution >= 0.6 is 11.3 Å². The van der Waals surface area contributed by atoms with Gasteiger partial charge in [-0.05, 0) is 58.6 Å². The third-order valence-electron chi connectivity index (χ3n) is 4.59. The molecule has 1 atom stereocenters. The van der Waals surface area contributed by atoms with Crippen LogP contribution in [-0.2, 0) is 21.5 Å². The Morgan fingerprint density at radius 2 is 2.00 bits per heavy atom. The van der Waals surface area contributed by atoms with Crippen LogP contribution in [0.2, 0.25) is 0 Å². The van der Waals surface area contributed by atoms with E-state index >= 15 is 0 Å². The Kier molecular flexibility index (Phi) is 4.58. The zero-order valence-electron chi connectivity index (χ0n) is 15.1. The topological polar surface area (TPSA) is 76.1 Å². The van der Waals surface area contributed by atoms with Crippen molar-refractivity contribution < 1.29 is 24.2 Å². The summed E-state index contributed by atoms with van der Waals surface area (Å²) in [6.07, 6.45) is 1.78. The fourth-order valence-electron chi connectivity index (χ4n) is 3.58. The summed E-state index contributed by atoms with van der Waals surface area (Å²) in [5.74, 6) is -0.895. The van der Waals surface area contributed by atoms with Gasteiger partial charge in [0.1, 0.15) is 16.1 Å². The average molecular weight is 367 g/mol. The van der Waals surface area contributed by atoms with Crippen LogP contribution in [0, 0.1) is 0 Å². The molecule has 1 aromatic heterocycles. The van der Waals surface area contributed by atoms with Gasteiger partial charge in [0.25, 0.3) is 0 Å². The molecule has 0 saturated carbocycles. The highest BCUT2D eigenvalue weighted by Crippen LogP contribution is 2.47. The largest absolute Gasteiger partial charge is 0.477 e. The van der Waals surface area contributed by atoms with E-state index in [0.29, 0.717) is 30.8 Å². The molecule has 1 saturated heterocycles. The first kappa shape index (κ1) is 18.2. The van der Waals surface area contributed by atoms with Crippen molar-refractivity contribution in [1.82, 2.24) is 4.90 Å². The van der Waals surface area contributed by atoms with Gasteiger partial charge in [0.05, 0.1) is 6.10 Å². The van der Waals surface area contributed by atoms with Crippen LogP contribution in [-0.4, -0.2) is 46.9 Å². The number of fused-ring (bicyclic) bond motifs is 2. The second kappa shape index (κ2) is 6.29. The summed E-state index contributed by atoms with van der Waals surface area (Å²) in [6, 6.07) is 1.78. The van der Waals surface area contributed by atoms with E-state index in [-0.39, 0.29) is 12.2 Å². The number of carbonyl (C=O) groups excluding carboxylic acids is 1. The molecule has 7 heteroatoms. The molecule has 0 aromatic carbocycles. The number of aromatic carboxylic acids is 1. The number of ether oxygens (including phenoxy) is 2. The molecule has 1 N–H and O–H groups in total. The molecule has 1 aromatic rings. The summed E-state index contributed by atoms with van der Waals surface area (Å²) in [7, 11) is 0. The highest BCUT2D eigenvalue weighted by atomic mass is 32.1. The number of nitrogens with zero attached hydrogens (tertiary/aromatic N) is 1. The molecule has 25 heavy (non-hydrogen) atoms. The number of carboxylic acids is 1. The highest BCUT2D eigenvalue weighted by molar-refractivity contribution is 7.14. The summed E-state index contributed by atoms with van der Waals surface area (Å²) in [5, 5.41) is 9.31. The van der Waals surface area contributed by atoms with Crippen molar-refractivity contribution in [3.05, 3.63) is 21.4 Å². The lowest BCUT2D eigenvalue weighted by atomic mass is 9.84. The van der Waals surface area contributed by atoms with E-state index in [1.54, 1.807) is 11.0 Å². The van der Waals surface area contributed by atoms with Crippen molar-refractivity contribution in [3.63, 3.8) is 0 Å². The lowest BCUT2D eigenvalue weighted by Crippen LogP contribution is -2.50. The van der Waals surface area contributed by atoms with Crippen molar-refractivity contribution in [2.45, 2.75) is 64.3 Å². The number of hydrogen-bond acceptors (Lipinski definition) is 5. The van der Waals surface area contributed by atoms with Gasteiger partial charge in [0.15, 0.2) is 0 Å². The van der Waals surface area contributed by atoms with Gasteiger partial charge in [-0.2, -0.15) is 0 Å². The minimum Gasteiger partial charge on any atom is -0.477 e. The predicted octanol–water partition coefficient (Wildman–Crippen LogP) is 3.63. The van der Waals surface area contributed by atoms with E-state index < -0.39 is 17.2 Å². The molecular formula is C18H25NO5S. The van der Waals surface area contributed by atoms with Crippen molar-refractivity contribution >= 4 is 23.4 Å². The molecule has 6 nitrogen and oxygen atoms in total. The van der Waals surface area contributed by atoms with Gasteiger partial charge in [0.2, 0.25) is 0 Å². The van der Waals surface area contributed by atoms with E-state index in [0.717, 1.165) is 16.9 Å². The number of carbonyl (C=O) groups is 2. The molecule has 0 bridgehead atoms. The Bertz CT molecular complexity index is 682. The van der Waals surface area contributed by atoms with Gasteiger partial charge in [-0.25, -0.2) is 9.59 Å².